The summed E-state index contributed by atoms with van der Waals surface area (Å²) in [7, 11) is 0. The van der Waals surface area contributed by atoms with Crippen LogP contribution in [-0.2, 0) is 15.3 Å². The highest BCUT2D eigenvalue weighted by Crippen LogP contribution is 2.40. The van der Waals surface area contributed by atoms with Gasteiger partial charge >= 0.3 is 0 Å². The molecule has 2 nitrogen and oxygen atoms in total. The summed E-state index contributed by atoms with van der Waals surface area (Å²) in [4.78, 5) is 0. The van der Waals surface area contributed by atoms with E-state index in [1.807, 2.05) is 54.6 Å². The first-order valence-electron chi connectivity index (χ1n) is 6.41. The van der Waals surface area contributed by atoms with E-state index in [2.05, 4.69) is 15.9 Å². The topological polar surface area (TPSA) is 18.5 Å². The van der Waals surface area contributed by atoms with Gasteiger partial charge in [-0.1, -0.05) is 64.5 Å². The first-order valence-corrected chi connectivity index (χ1v) is 7.21. The van der Waals surface area contributed by atoms with Crippen molar-refractivity contribution in [2.75, 3.05) is 13.2 Å². The van der Waals surface area contributed by atoms with E-state index >= 15 is 0 Å². The molecule has 0 aliphatic carbocycles. The van der Waals surface area contributed by atoms with Gasteiger partial charge in [-0.05, 0) is 12.5 Å². The van der Waals surface area contributed by atoms with Gasteiger partial charge in [-0.3, -0.25) is 0 Å². The molecular formula is C16H15BrO2. The van der Waals surface area contributed by atoms with Crippen LogP contribution in [0.3, 0.4) is 0 Å². The van der Waals surface area contributed by atoms with Crippen molar-refractivity contribution in [1.29, 1.82) is 0 Å². The minimum Gasteiger partial charge on any atom is -0.342 e. The number of halogens is 1. The van der Waals surface area contributed by atoms with E-state index in [9.17, 15) is 0 Å². The maximum absolute atomic E-state index is 6.07. The van der Waals surface area contributed by atoms with E-state index < -0.39 is 5.79 Å². The second-order valence-electron chi connectivity index (χ2n) is 4.51. The van der Waals surface area contributed by atoms with Crippen molar-refractivity contribution in [2.24, 2.45) is 0 Å². The van der Waals surface area contributed by atoms with E-state index in [1.165, 1.54) is 0 Å². The number of ether oxygens (including phenoxy) is 2. The fourth-order valence-corrected chi connectivity index (χ4v) is 2.94. The predicted molar refractivity (Wildman–Crippen MR) is 77.9 cm³/mol. The van der Waals surface area contributed by atoms with Crippen LogP contribution in [0.5, 0.6) is 0 Å². The van der Waals surface area contributed by atoms with Crippen LogP contribution >= 0.6 is 15.9 Å². The lowest BCUT2D eigenvalue weighted by molar-refractivity contribution is -0.249. The SMILES string of the molecule is Brc1ccccc1C1(c2ccccc2)OCCCO1. The zero-order valence-electron chi connectivity index (χ0n) is 10.5. The van der Waals surface area contributed by atoms with Gasteiger partial charge < -0.3 is 9.47 Å². The summed E-state index contributed by atoms with van der Waals surface area (Å²) in [5.41, 5.74) is 2.04. The van der Waals surface area contributed by atoms with Crippen molar-refractivity contribution in [1.82, 2.24) is 0 Å². The molecule has 0 spiro atoms. The standard InChI is InChI=1S/C16H15BrO2/c17-15-10-5-4-9-14(15)16(18-11-6-12-19-16)13-7-2-1-3-8-13/h1-5,7-10H,6,11-12H2. The average Bonchev–Trinajstić information content (AvgIpc) is 2.49. The molecule has 1 fully saturated rings. The van der Waals surface area contributed by atoms with Crippen molar-refractivity contribution in [3.05, 3.63) is 70.2 Å². The summed E-state index contributed by atoms with van der Waals surface area (Å²) >= 11 is 3.60. The summed E-state index contributed by atoms with van der Waals surface area (Å²) in [6, 6.07) is 18.2. The third-order valence-corrected chi connectivity index (χ3v) is 3.97. The Labute approximate surface area is 121 Å². The Balaban J connectivity index is 2.15. The van der Waals surface area contributed by atoms with E-state index in [0.717, 1.165) is 22.0 Å². The van der Waals surface area contributed by atoms with Crippen LogP contribution in [0.15, 0.2) is 59.1 Å². The molecule has 1 aliphatic rings. The summed E-state index contributed by atoms with van der Waals surface area (Å²) < 4.78 is 13.1. The predicted octanol–water partition coefficient (Wildman–Crippen LogP) is 4.09. The van der Waals surface area contributed by atoms with E-state index in [-0.39, 0.29) is 0 Å². The molecule has 0 bridgehead atoms. The van der Waals surface area contributed by atoms with Crippen LogP contribution in [0.1, 0.15) is 17.5 Å². The third-order valence-electron chi connectivity index (χ3n) is 3.28. The summed E-state index contributed by atoms with van der Waals surface area (Å²) in [5, 5.41) is 0. The van der Waals surface area contributed by atoms with Crippen molar-refractivity contribution < 1.29 is 9.47 Å². The molecule has 0 radical (unpaired) electrons. The van der Waals surface area contributed by atoms with E-state index in [0.29, 0.717) is 13.2 Å². The average molecular weight is 319 g/mol. The van der Waals surface area contributed by atoms with Crippen LogP contribution in [0.2, 0.25) is 0 Å². The van der Waals surface area contributed by atoms with Crippen LogP contribution in [0.4, 0.5) is 0 Å². The molecular weight excluding hydrogens is 304 g/mol. The normalized spacial score (nSPS) is 18.2. The summed E-state index contributed by atoms with van der Waals surface area (Å²) in [6.45, 7) is 1.41. The fraction of sp³-hybridized carbons (Fsp3) is 0.250. The molecule has 3 rings (SSSR count). The molecule has 19 heavy (non-hydrogen) atoms. The van der Waals surface area contributed by atoms with Crippen LogP contribution in [-0.4, -0.2) is 13.2 Å². The zero-order chi connectivity index (χ0) is 13.1. The van der Waals surface area contributed by atoms with Gasteiger partial charge in [-0.25, -0.2) is 0 Å². The van der Waals surface area contributed by atoms with Gasteiger partial charge in [0.15, 0.2) is 0 Å². The van der Waals surface area contributed by atoms with Gasteiger partial charge in [0.05, 0.1) is 13.2 Å². The molecule has 98 valence electrons. The Hall–Kier alpha value is -1.16. The minimum atomic E-state index is -0.792. The monoisotopic (exact) mass is 318 g/mol. The van der Waals surface area contributed by atoms with Crippen molar-refractivity contribution >= 4 is 15.9 Å². The Kier molecular flexibility index (Phi) is 3.69. The molecule has 0 atom stereocenters. The van der Waals surface area contributed by atoms with Crippen molar-refractivity contribution in [3.63, 3.8) is 0 Å². The second kappa shape index (κ2) is 5.45. The fourth-order valence-electron chi connectivity index (χ4n) is 2.40. The van der Waals surface area contributed by atoms with Gasteiger partial charge in [0.1, 0.15) is 0 Å². The van der Waals surface area contributed by atoms with E-state index in [1.54, 1.807) is 0 Å². The maximum atomic E-state index is 6.07. The molecule has 0 saturated carbocycles. The highest BCUT2D eigenvalue weighted by atomic mass is 79.9. The van der Waals surface area contributed by atoms with Gasteiger partial charge in [0, 0.05) is 15.6 Å². The smallest absolute Gasteiger partial charge is 0.223 e. The highest BCUT2D eigenvalue weighted by molar-refractivity contribution is 9.10. The molecule has 0 amide bonds. The maximum Gasteiger partial charge on any atom is 0.223 e. The number of rotatable bonds is 2. The summed E-state index contributed by atoms with van der Waals surface area (Å²) in [5.74, 6) is -0.792. The Bertz CT molecular complexity index is 548. The molecule has 2 aromatic carbocycles. The molecule has 1 heterocycles. The lowest BCUT2D eigenvalue weighted by Gasteiger charge is -2.38. The Morgan fingerprint density at radius 2 is 1.47 bits per heavy atom. The molecule has 0 N–H and O–H groups in total. The molecule has 1 saturated heterocycles. The van der Waals surface area contributed by atoms with Crippen LogP contribution < -0.4 is 0 Å². The Morgan fingerprint density at radius 1 is 0.842 bits per heavy atom. The van der Waals surface area contributed by atoms with Crippen LogP contribution in [0.25, 0.3) is 0 Å². The number of benzene rings is 2. The van der Waals surface area contributed by atoms with Crippen molar-refractivity contribution in [3.8, 4) is 0 Å². The van der Waals surface area contributed by atoms with Gasteiger partial charge in [-0.2, -0.15) is 0 Å². The third kappa shape index (κ3) is 2.34. The van der Waals surface area contributed by atoms with E-state index in [4.69, 9.17) is 9.47 Å². The van der Waals surface area contributed by atoms with Gasteiger partial charge in [-0.15, -0.1) is 0 Å². The zero-order valence-corrected chi connectivity index (χ0v) is 12.1. The minimum absolute atomic E-state index is 0.705. The molecule has 0 aromatic heterocycles. The molecule has 2 aromatic rings. The molecule has 0 unspecified atom stereocenters. The van der Waals surface area contributed by atoms with Crippen molar-refractivity contribution in [2.45, 2.75) is 12.2 Å². The number of hydrogen-bond donors (Lipinski definition) is 0. The quantitative estimate of drug-likeness (QED) is 0.830. The molecule has 3 heteroatoms. The molecule has 1 aliphatic heterocycles. The highest BCUT2D eigenvalue weighted by Gasteiger charge is 2.40. The first kappa shape index (κ1) is 12.9. The van der Waals surface area contributed by atoms with Gasteiger partial charge in [0.25, 0.3) is 0 Å². The van der Waals surface area contributed by atoms with Crippen LogP contribution in [0, 0.1) is 0 Å². The largest absolute Gasteiger partial charge is 0.342 e. The van der Waals surface area contributed by atoms with Gasteiger partial charge in [0.2, 0.25) is 5.79 Å². The Morgan fingerprint density at radius 3 is 2.16 bits per heavy atom. The lowest BCUT2D eigenvalue weighted by Crippen LogP contribution is -2.39. The second-order valence-corrected chi connectivity index (χ2v) is 5.37. The summed E-state index contributed by atoms with van der Waals surface area (Å²) in [6.07, 6.45) is 0.930. The lowest BCUT2D eigenvalue weighted by atomic mass is 9.96. The first-order chi connectivity index (χ1) is 9.33. The number of hydrogen-bond acceptors (Lipinski definition) is 2.